The van der Waals surface area contributed by atoms with E-state index in [0.717, 1.165) is 61.6 Å². The Morgan fingerprint density at radius 2 is 0.959 bits per heavy atom. The molecular formula is C46H31F2N. The van der Waals surface area contributed by atoms with Gasteiger partial charge in [0.1, 0.15) is 11.6 Å². The average Bonchev–Trinajstić information content (AvgIpc) is 3.67. The number of hydrogen-bond acceptors (Lipinski definition) is 1. The minimum atomic E-state index is -0.874. The molecule has 0 bridgehead atoms. The Morgan fingerprint density at radius 1 is 0.408 bits per heavy atom. The van der Waals surface area contributed by atoms with Crippen molar-refractivity contribution in [3.05, 3.63) is 197 Å². The number of fused-ring (bicyclic) bond motifs is 13. The van der Waals surface area contributed by atoms with Crippen LogP contribution in [0.25, 0.3) is 33.4 Å². The fourth-order valence-electron chi connectivity index (χ4n) is 9.18. The first kappa shape index (κ1) is 28.2. The zero-order valence-electron chi connectivity index (χ0n) is 27.1. The van der Waals surface area contributed by atoms with Crippen molar-refractivity contribution in [3.8, 4) is 33.4 Å². The molecule has 3 aliphatic carbocycles. The molecule has 49 heavy (non-hydrogen) atoms. The number of para-hydroxylation sites is 1. The van der Waals surface area contributed by atoms with E-state index in [4.69, 9.17) is 0 Å². The third kappa shape index (κ3) is 3.62. The topological polar surface area (TPSA) is 3.24 Å². The minimum Gasteiger partial charge on any atom is -0.310 e. The number of rotatable bonds is 3. The van der Waals surface area contributed by atoms with Crippen molar-refractivity contribution in [2.24, 2.45) is 0 Å². The van der Waals surface area contributed by atoms with Gasteiger partial charge in [-0.05, 0) is 116 Å². The van der Waals surface area contributed by atoms with Crippen LogP contribution in [0.3, 0.4) is 0 Å². The summed E-state index contributed by atoms with van der Waals surface area (Å²) in [5.74, 6) is -0.609. The van der Waals surface area contributed by atoms with Gasteiger partial charge in [-0.3, -0.25) is 0 Å². The lowest BCUT2D eigenvalue weighted by Gasteiger charge is -2.32. The second-order valence-electron chi connectivity index (χ2n) is 13.9. The summed E-state index contributed by atoms with van der Waals surface area (Å²) < 4.78 is 30.6. The maximum Gasteiger partial charge on any atom is 0.123 e. The third-order valence-corrected chi connectivity index (χ3v) is 11.2. The van der Waals surface area contributed by atoms with Crippen LogP contribution in [0.15, 0.2) is 152 Å². The summed E-state index contributed by atoms with van der Waals surface area (Å²) >= 11 is 0. The molecule has 0 aliphatic heterocycles. The monoisotopic (exact) mass is 635 g/mol. The number of nitrogens with zero attached hydrogens (tertiary/aromatic N) is 1. The quantitative estimate of drug-likeness (QED) is 0.187. The summed E-state index contributed by atoms with van der Waals surface area (Å²) in [6, 6.07) is 50.9. The molecule has 1 nitrogen and oxygen atoms in total. The lowest BCUT2D eigenvalue weighted by Crippen LogP contribution is -2.26. The molecule has 7 aromatic carbocycles. The molecule has 0 fully saturated rings. The van der Waals surface area contributed by atoms with Gasteiger partial charge < -0.3 is 4.90 Å². The molecule has 0 saturated heterocycles. The molecule has 0 aromatic heterocycles. The molecule has 0 saturated carbocycles. The molecule has 7 aromatic rings. The molecule has 234 valence electrons. The Balaban J connectivity index is 1.28. The molecule has 0 unspecified atom stereocenters. The highest BCUT2D eigenvalue weighted by Gasteiger charge is 2.53. The van der Waals surface area contributed by atoms with Crippen LogP contribution < -0.4 is 4.90 Å². The van der Waals surface area contributed by atoms with E-state index < -0.39 is 5.41 Å². The largest absolute Gasteiger partial charge is 0.310 e. The summed E-state index contributed by atoms with van der Waals surface area (Å²) in [7, 11) is 0. The molecule has 3 heteroatoms. The van der Waals surface area contributed by atoms with Crippen LogP contribution in [-0.4, -0.2) is 0 Å². The summed E-state index contributed by atoms with van der Waals surface area (Å²) in [4.78, 5) is 2.35. The lowest BCUT2D eigenvalue weighted by atomic mass is 9.70. The highest BCUT2D eigenvalue weighted by molar-refractivity contribution is 6.01. The van der Waals surface area contributed by atoms with Crippen molar-refractivity contribution in [1.82, 2.24) is 0 Å². The van der Waals surface area contributed by atoms with Crippen LogP contribution in [0, 0.1) is 11.6 Å². The van der Waals surface area contributed by atoms with Crippen molar-refractivity contribution in [2.75, 3.05) is 4.90 Å². The van der Waals surface area contributed by atoms with E-state index in [-0.39, 0.29) is 17.0 Å². The van der Waals surface area contributed by atoms with Gasteiger partial charge in [0.2, 0.25) is 0 Å². The van der Waals surface area contributed by atoms with Crippen molar-refractivity contribution < 1.29 is 8.78 Å². The second-order valence-corrected chi connectivity index (χ2v) is 13.9. The van der Waals surface area contributed by atoms with Gasteiger partial charge in [0.15, 0.2) is 0 Å². The van der Waals surface area contributed by atoms with E-state index in [1.54, 1.807) is 12.1 Å². The first-order valence-electron chi connectivity index (χ1n) is 16.8. The molecule has 3 aliphatic rings. The molecular weight excluding hydrogens is 605 g/mol. The van der Waals surface area contributed by atoms with Crippen LogP contribution in [0.4, 0.5) is 25.8 Å². The van der Waals surface area contributed by atoms with Crippen LogP contribution in [0.1, 0.15) is 47.2 Å². The molecule has 0 heterocycles. The standard InChI is InChI=1S/C46H31F2N/c1-45(2)37-15-8-6-13-32(37)33-24-21-31(27-40(33)45)49(30-11-4-3-5-12-30)43-18-10-17-39-44(43)36-14-7-9-16-38(36)46(39)41-25-28(47)19-22-34(41)35-23-20-29(48)26-42(35)46/h3-27H,1-2H3. The Labute approximate surface area is 284 Å². The van der Waals surface area contributed by atoms with Crippen molar-refractivity contribution in [3.63, 3.8) is 0 Å². The Bertz CT molecular complexity index is 2460. The Morgan fingerprint density at radius 3 is 1.67 bits per heavy atom. The maximum atomic E-state index is 15.3. The van der Waals surface area contributed by atoms with E-state index in [9.17, 15) is 0 Å². The van der Waals surface area contributed by atoms with Crippen LogP contribution in [0.2, 0.25) is 0 Å². The van der Waals surface area contributed by atoms with Gasteiger partial charge in [0.05, 0.1) is 11.1 Å². The molecule has 1 spiro atoms. The van der Waals surface area contributed by atoms with Gasteiger partial charge in [0, 0.05) is 22.4 Å². The van der Waals surface area contributed by atoms with E-state index >= 15 is 8.78 Å². The molecule has 0 amide bonds. The SMILES string of the molecule is CC1(C)c2ccccc2-c2ccc(N(c3ccccc3)c3cccc4c3-c3ccccc3C43c4cc(F)ccc4-c4ccc(F)cc43)cc21. The normalized spacial score (nSPS) is 14.9. The first-order chi connectivity index (χ1) is 23.9. The second kappa shape index (κ2) is 9.87. The van der Waals surface area contributed by atoms with Gasteiger partial charge in [-0.1, -0.05) is 111 Å². The lowest BCUT2D eigenvalue weighted by molar-refractivity contribution is 0.618. The summed E-state index contributed by atoms with van der Waals surface area (Å²) in [6.07, 6.45) is 0. The van der Waals surface area contributed by atoms with Crippen LogP contribution in [-0.2, 0) is 10.8 Å². The van der Waals surface area contributed by atoms with Gasteiger partial charge in [-0.15, -0.1) is 0 Å². The summed E-state index contributed by atoms with van der Waals surface area (Å²) in [5, 5.41) is 0. The highest BCUT2D eigenvalue weighted by atomic mass is 19.1. The van der Waals surface area contributed by atoms with Gasteiger partial charge in [0.25, 0.3) is 0 Å². The summed E-state index contributed by atoms with van der Waals surface area (Å²) in [6.45, 7) is 4.61. The van der Waals surface area contributed by atoms with Gasteiger partial charge >= 0.3 is 0 Å². The fraction of sp³-hybridized carbons (Fsp3) is 0.0870. The Kier molecular flexibility index (Phi) is 5.69. The van der Waals surface area contributed by atoms with Crippen molar-refractivity contribution in [1.29, 1.82) is 0 Å². The number of hydrogen-bond donors (Lipinski definition) is 0. The average molecular weight is 636 g/mol. The molecule has 0 radical (unpaired) electrons. The van der Waals surface area contributed by atoms with Crippen LogP contribution in [0.5, 0.6) is 0 Å². The predicted octanol–water partition coefficient (Wildman–Crippen LogP) is 12.1. The number of anilines is 3. The summed E-state index contributed by atoms with van der Waals surface area (Å²) in [5.41, 5.74) is 15.0. The Hall–Kier alpha value is -5.80. The van der Waals surface area contributed by atoms with Gasteiger partial charge in [-0.2, -0.15) is 0 Å². The third-order valence-electron chi connectivity index (χ3n) is 11.2. The van der Waals surface area contributed by atoms with E-state index in [0.29, 0.717) is 0 Å². The van der Waals surface area contributed by atoms with E-state index in [1.807, 2.05) is 24.3 Å². The minimum absolute atomic E-state index is 0.162. The maximum absolute atomic E-state index is 15.3. The zero-order chi connectivity index (χ0) is 33.1. The predicted molar refractivity (Wildman–Crippen MR) is 195 cm³/mol. The van der Waals surface area contributed by atoms with E-state index in [2.05, 4.69) is 122 Å². The number of benzene rings is 7. The van der Waals surface area contributed by atoms with Crippen molar-refractivity contribution >= 4 is 17.1 Å². The molecule has 0 atom stereocenters. The van der Waals surface area contributed by atoms with E-state index in [1.165, 1.54) is 34.4 Å². The molecule has 10 rings (SSSR count). The molecule has 0 N–H and O–H groups in total. The highest BCUT2D eigenvalue weighted by Crippen LogP contribution is 2.65. The fourth-order valence-corrected chi connectivity index (χ4v) is 9.18. The van der Waals surface area contributed by atoms with Gasteiger partial charge in [-0.25, -0.2) is 8.78 Å². The smallest absolute Gasteiger partial charge is 0.123 e. The van der Waals surface area contributed by atoms with Crippen molar-refractivity contribution in [2.45, 2.75) is 24.7 Å². The zero-order valence-corrected chi connectivity index (χ0v) is 27.1. The van der Waals surface area contributed by atoms with Crippen LogP contribution >= 0.6 is 0 Å². The number of halogens is 2. The first-order valence-corrected chi connectivity index (χ1v) is 16.8.